The second-order valence-electron chi connectivity index (χ2n) is 3.92. The summed E-state index contributed by atoms with van der Waals surface area (Å²) in [5.41, 5.74) is 0.787. The zero-order valence-electron chi connectivity index (χ0n) is 10.1. The van der Waals surface area contributed by atoms with Gasteiger partial charge in [0.15, 0.2) is 0 Å². The highest BCUT2D eigenvalue weighted by molar-refractivity contribution is 7.88. The first kappa shape index (κ1) is 13.3. The van der Waals surface area contributed by atoms with Gasteiger partial charge >= 0.3 is 0 Å². The van der Waals surface area contributed by atoms with Crippen molar-refractivity contribution in [1.29, 1.82) is 0 Å². The van der Waals surface area contributed by atoms with Gasteiger partial charge in [-0.1, -0.05) is 6.07 Å². The largest absolute Gasteiger partial charge is 0.440 e. The summed E-state index contributed by atoms with van der Waals surface area (Å²) >= 11 is 1.56. The minimum atomic E-state index is -3.15. The van der Waals surface area contributed by atoms with E-state index >= 15 is 0 Å². The minimum absolute atomic E-state index is 0.329. The number of aromatic nitrogens is 1. The third-order valence-electron chi connectivity index (χ3n) is 2.35. The molecule has 98 valence electrons. The molecule has 2 rings (SSSR count). The van der Waals surface area contributed by atoms with Gasteiger partial charge in [0.25, 0.3) is 0 Å². The topological polar surface area (TPSA) is 72.2 Å². The Labute approximate surface area is 110 Å². The van der Waals surface area contributed by atoms with Crippen LogP contribution in [-0.2, 0) is 16.4 Å². The van der Waals surface area contributed by atoms with Crippen LogP contribution in [0.15, 0.2) is 21.9 Å². The molecule has 2 heterocycles. The lowest BCUT2D eigenvalue weighted by Crippen LogP contribution is -2.24. The number of hydrogen-bond acceptors (Lipinski definition) is 5. The summed E-state index contributed by atoms with van der Waals surface area (Å²) in [5.74, 6) is 1.32. The molecule has 0 bridgehead atoms. The fraction of sp³-hybridized carbons (Fsp3) is 0.364. The van der Waals surface area contributed by atoms with Crippen molar-refractivity contribution in [3.05, 3.63) is 29.0 Å². The molecule has 0 saturated carbocycles. The summed E-state index contributed by atoms with van der Waals surface area (Å²) in [6.07, 6.45) is 1.66. The molecule has 0 aromatic carbocycles. The van der Waals surface area contributed by atoms with Gasteiger partial charge in [-0.15, -0.1) is 11.3 Å². The monoisotopic (exact) mass is 286 g/mol. The summed E-state index contributed by atoms with van der Waals surface area (Å²) < 4.78 is 29.9. The van der Waals surface area contributed by atoms with Crippen LogP contribution < -0.4 is 4.72 Å². The summed E-state index contributed by atoms with van der Waals surface area (Å²) in [4.78, 5) is 5.35. The van der Waals surface area contributed by atoms with E-state index in [-0.39, 0.29) is 0 Å². The molecule has 0 fully saturated rings. The molecule has 18 heavy (non-hydrogen) atoms. The summed E-state index contributed by atoms with van der Waals surface area (Å²) in [6.45, 7) is 2.16. The first-order valence-electron chi connectivity index (χ1n) is 5.40. The summed E-state index contributed by atoms with van der Waals surface area (Å²) in [5, 5.41) is 1.96. The second kappa shape index (κ2) is 5.21. The number of nitrogens with zero attached hydrogens (tertiary/aromatic N) is 1. The Morgan fingerprint density at radius 1 is 1.50 bits per heavy atom. The minimum Gasteiger partial charge on any atom is -0.440 e. The van der Waals surface area contributed by atoms with Crippen LogP contribution in [0, 0.1) is 6.92 Å². The van der Waals surface area contributed by atoms with E-state index in [1.54, 1.807) is 11.3 Å². The van der Waals surface area contributed by atoms with Crippen molar-refractivity contribution in [2.24, 2.45) is 0 Å². The number of hydrogen-bond donors (Lipinski definition) is 1. The van der Waals surface area contributed by atoms with Crippen molar-refractivity contribution < 1.29 is 12.8 Å². The van der Waals surface area contributed by atoms with Gasteiger partial charge < -0.3 is 4.42 Å². The fourth-order valence-corrected chi connectivity index (χ4v) is 2.64. The zero-order valence-corrected chi connectivity index (χ0v) is 11.8. The number of oxazole rings is 1. The first-order valence-corrected chi connectivity index (χ1v) is 8.17. The SMILES string of the molecule is Cc1oc(-c2cccs2)nc1CCNS(C)(=O)=O. The van der Waals surface area contributed by atoms with E-state index < -0.39 is 10.0 Å². The lowest BCUT2D eigenvalue weighted by atomic mass is 10.3. The van der Waals surface area contributed by atoms with E-state index in [0.29, 0.717) is 18.9 Å². The molecule has 0 aliphatic heterocycles. The highest BCUT2D eigenvalue weighted by Crippen LogP contribution is 2.25. The van der Waals surface area contributed by atoms with E-state index in [0.717, 1.165) is 22.6 Å². The summed E-state index contributed by atoms with van der Waals surface area (Å²) in [7, 11) is -3.15. The molecule has 0 aliphatic rings. The maximum atomic E-state index is 10.9. The second-order valence-corrected chi connectivity index (χ2v) is 6.70. The molecule has 2 aromatic heterocycles. The number of sulfonamides is 1. The molecule has 5 nitrogen and oxygen atoms in total. The van der Waals surface area contributed by atoms with E-state index in [1.165, 1.54) is 0 Å². The average Bonchev–Trinajstić information content (AvgIpc) is 2.86. The smallest absolute Gasteiger partial charge is 0.236 e. The number of nitrogens with one attached hydrogen (secondary N) is 1. The van der Waals surface area contributed by atoms with Crippen molar-refractivity contribution in [2.75, 3.05) is 12.8 Å². The third kappa shape index (κ3) is 3.41. The van der Waals surface area contributed by atoms with E-state index in [1.807, 2.05) is 24.4 Å². The van der Waals surface area contributed by atoms with Crippen LogP contribution >= 0.6 is 11.3 Å². The van der Waals surface area contributed by atoms with Crippen molar-refractivity contribution >= 4 is 21.4 Å². The maximum Gasteiger partial charge on any atom is 0.236 e. The molecule has 0 unspecified atom stereocenters. The molecular formula is C11H14N2O3S2. The van der Waals surface area contributed by atoms with Gasteiger partial charge in [-0.25, -0.2) is 18.1 Å². The van der Waals surface area contributed by atoms with E-state index in [9.17, 15) is 8.42 Å². The quantitative estimate of drug-likeness (QED) is 0.909. The van der Waals surface area contributed by atoms with E-state index in [2.05, 4.69) is 9.71 Å². The molecule has 0 aliphatic carbocycles. The van der Waals surface area contributed by atoms with Crippen LogP contribution in [-0.4, -0.2) is 26.2 Å². The van der Waals surface area contributed by atoms with Crippen LogP contribution in [0.2, 0.25) is 0 Å². The number of thiophene rings is 1. The van der Waals surface area contributed by atoms with Crippen LogP contribution in [0.25, 0.3) is 10.8 Å². The van der Waals surface area contributed by atoms with Crippen LogP contribution in [0.4, 0.5) is 0 Å². The Balaban J connectivity index is 2.06. The zero-order chi connectivity index (χ0) is 13.2. The van der Waals surface area contributed by atoms with Crippen LogP contribution in [0.3, 0.4) is 0 Å². The third-order valence-corrected chi connectivity index (χ3v) is 3.94. The molecule has 0 atom stereocenters. The lowest BCUT2D eigenvalue weighted by molar-refractivity contribution is 0.540. The van der Waals surface area contributed by atoms with Gasteiger partial charge in [0.1, 0.15) is 5.76 Å². The van der Waals surface area contributed by atoms with Gasteiger partial charge in [-0.2, -0.15) is 0 Å². The summed E-state index contributed by atoms with van der Waals surface area (Å²) in [6, 6.07) is 3.87. The lowest BCUT2D eigenvalue weighted by Gasteiger charge is -1.99. The Kier molecular flexibility index (Phi) is 3.84. The van der Waals surface area contributed by atoms with Gasteiger partial charge in [0.2, 0.25) is 15.9 Å². The predicted molar refractivity (Wildman–Crippen MR) is 71.1 cm³/mol. The Hall–Kier alpha value is -1.18. The van der Waals surface area contributed by atoms with Crippen LogP contribution in [0.1, 0.15) is 11.5 Å². The molecular weight excluding hydrogens is 272 g/mol. The molecule has 1 N–H and O–H groups in total. The molecule has 0 spiro atoms. The Morgan fingerprint density at radius 2 is 2.28 bits per heavy atom. The Morgan fingerprint density at radius 3 is 2.89 bits per heavy atom. The predicted octanol–water partition coefficient (Wildman–Crippen LogP) is 1.80. The van der Waals surface area contributed by atoms with Gasteiger partial charge in [-0.3, -0.25) is 0 Å². The van der Waals surface area contributed by atoms with Crippen molar-refractivity contribution in [2.45, 2.75) is 13.3 Å². The van der Waals surface area contributed by atoms with Crippen molar-refractivity contribution in [3.8, 4) is 10.8 Å². The first-order chi connectivity index (χ1) is 8.46. The maximum absolute atomic E-state index is 10.9. The normalized spacial score (nSPS) is 11.9. The standard InChI is InChI=1S/C11H14N2O3S2/c1-8-9(5-6-12-18(2,14)15)13-11(16-8)10-4-3-7-17-10/h3-4,7,12H,5-6H2,1-2H3. The molecule has 7 heteroatoms. The van der Waals surface area contributed by atoms with Crippen molar-refractivity contribution in [3.63, 3.8) is 0 Å². The Bertz CT molecular complexity index is 615. The molecule has 0 amide bonds. The molecule has 0 radical (unpaired) electrons. The van der Waals surface area contributed by atoms with Gasteiger partial charge in [-0.05, 0) is 18.4 Å². The highest BCUT2D eigenvalue weighted by atomic mass is 32.2. The molecule has 2 aromatic rings. The molecule has 0 saturated heterocycles. The number of aryl methyl sites for hydroxylation is 1. The van der Waals surface area contributed by atoms with Crippen molar-refractivity contribution in [1.82, 2.24) is 9.71 Å². The average molecular weight is 286 g/mol. The van der Waals surface area contributed by atoms with Gasteiger partial charge in [0, 0.05) is 13.0 Å². The highest BCUT2D eigenvalue weighted by Gasteiger charge is 2.12. The van der Waals surface area contributed by atoms with E-state index in [4.69, 9.17) is 4.42 Å². The fourth-order valence-electron chi connectivity index (χ4n) is 1.52. The number of rotatable bonds is 5. The van der Waals surface area contributed by atoms with Gasteiger partial charge in [0.05, 0.1) is 16.8 Å². The van der Waals surface area contributed by atoms with Crippen LogP contribution in [0.5, 0.6) is 0 Å².